The molecule has 2 nitrogen and oxygen atoms in total. The van der Waals surface area contributed by atoms with E-state index in [4.69, 9.17) is 9.47 Å². The first kappa shape index (κ1) is 17.4. The number of hydrogen-bond acceptors (Lipinski definition) is 2. The van der Waals surface area contributed by atoms with Crippen LogP contribution >= 0.6 is 15.9 Å². The molecule has 0 bridgehead atoms. The summed E-state index contributed by atoms with van der Waals surface area (Å²) in [6, 6.07) is 6.35. The zero-order chi connectivity index (χ0) is 15.0. The van der Waals surface area contributed by atoms with Crippen LogP contribution in [0.3, 0.4) is 0 Å². The van der Waals surface area contributed by atoms with Crippen molar-refractivity contribution in [1.82, 2.24) is 0 Å². The lowest BCUT2D eigenvalue weighted by Crippen LogP contribution is -2.18. The third kappa shape index (κ3) is 5.01. The molecule has 0 saturated carbocycles. The smallest absolute Gasteiger partial charge is 0.161 e. The largest absolute Gasteiger partial charge is 0.490 e. The Morgan fingerprint density at radius 2 is 1.60 bits per heavy atom. The van der Waals surface area contributed by atoms with E-state index in [0.717, 1.165) is 49.3 Å². The summed E-state index contributed by atoms with van der Waals surface area (Å²) in [4.78, 5) is 0. The summed E-state index contributed by atoms with van der Waals surface area (Å²) in [7, 11) is 0. The van der Waals surface area contributed by atoms with Gasteiger partial charge in [0.25, 0.3) is 0 Å². The normalized spacial score (nSPS) is 11.4. The van der Waals surface area contributed by atoms with Gasteiger partial charge in [-0.25, -0.2) is 0 Å². The van der Waals surface area contributed by atoms with Crippen LogP contribution in [0.25, 0.3) is 0 Å². The van der Waals surface area contributed by atoms with Gasteiger partial charge in [-0.2, -0.15) is 0 Å². The van der Waals surface area contributed by atoms with Crippen molar-refractivity contribution in [3.8, 4) is 11.5 Å². The fourth-order valence-electron chi connectivity index (χ4n) is 1.97. The van der Waals surface area contributed by atoms with E-state index < -0.39 is 0 Å². The number of halogens is 1. The molecule has 0 aromatic heterocycles. The summed E-state index contributed by atoms with van der Waals surface area (Å²) in [6.07, 6.45) is 3.10. The first-order valence-corrected chi connectivity index (χ1v) is 8.63. The van der Waals surface area contributed by atoms with Crippen LogP contribution in [0, 0.1) is 0 Å². The number of rotatable bonds is 9. The van der Waals surface area contributed by atoms with E-state index in [1.807, 2.05) is 6.07 Å². The van der Waals surface area contributed by atoms with Crippen LogP contribution in [0.4, 0.5) is 0 Å². The van der Waals surface area contributed by atoms with Crippen LogP contribution in [0.15, 0.2) is 18.2 Å². The van der Waals surface area contributed by atoms with Gasteiger partial charge in [0.05, 0.1) is 13.2 Å². The molecule has 20 heavy (non-hydrogen) atoms. The second-order valence-electron chi connectivity index (χ2n) is 5.68. The Morgan fingerprint density at radius 1 is 1.00 bits per heavy atom. The van der Waals surface area contributed by atoms with Crippen LogP contribution in [0.5, 0.6) is 11.5 Å². The third-order valence-electron chi connectivity index (χ3n) is 3.37. The molecule has 0 N–H and O–H groups in total. The minimum Gasteiger partial charge on any atom is -0.490 e. The van der Waals surface area contributed by atoms with Gasteiger partial charge in [0.15, 0.2) is 11.5 Å². The quantitative estimate of drug-likeness (QED) is 0.565. The lowest BCUT2D eigenvalue weighted by Gasteiger charge is -2.25. The van der Waals surface area contributed by atoms with Gasteiger partial charge in [-0.05, 0) is 42.4 Å². The molecule has 0 heterocycles. The summed E-state index contributed by atoms with van der Waals surface area (Å²) in [5.41, 5.74) is 1.43. The van der Waals surface area contributed by atoms with Gasteiger partial charge in [-0.1, -0.05) is 49.7 Å². The van der Waals surface area contributed by atoms with E-state index in [1.54, 1.807) is 0 Å². The number of benzene rings is 1. The number of alkyl halides is 1. The van der Waals surface area contributed by atoms with Crippen molar-refractivity contribution in [2.45, 2.75) is 52.4 Å². The minimum atomic E-state index is 0.136. The molecule has 3 heteroatoms. The molecular formula is C17H27BrO2. The van der Waals surface area contributed by atoms with E-state index in [-0.39, 0.29) is 5.41 Å². The molecule has 0 spiro atoms. The molecule has 0 aliphatic rings. The zero-order valence-electron chi connectivity index (χ0n) is 13.2. The van der Waals surface area contributed by atoms with E-state index in [2.05, 4.69) is 55.8 Å². The fraction of sp³-hybridized carbons (Fsp3) is 0.647. The van der Waals surface area contributed by atoms with Crippen molar-refractivity contribution in [3.05, 3.63) is 23.8 Å². The van der Waals surface area contributed by atoms with Gasteiger partial charge in [-0.15, -0.1) is 0 Å². The molecule has 1 aromatic rings. The average Bonchev–Trinajstić information content (AvgIpc) is 2.43. The van der Waals surface area contributed by atoms with Gasteiger partial charge in [0, 0.05) is 5.33 Å². The molecule has 114 valence electrons. The maximum Gasteiger partial charge on any atom is 0.161 e. The van der Waals surface area contributed by atoms with Crippen molar-refractivity contribution in [1.29, 1.82) is 0 Å². The first-order chi connectivity index (χ1) is 9.55. The molecule has 0 atom stereocenters. The summed E-state index contributed by atoms with van der Waals surface area (Å²) in [5.74, 6) is 1.74. The van der Waals surface area contributed by atoms with Crippen molar-refractivity contribution in [3.63, 3.8) is 0 Å². The second kappa shape index (κ2) is 8.56. The Hall–Kier alpha value is -0.700. The van der Waals surface area contributed by atoms with Gasteiger partial charge in [0.2, 0.25) is 0 Å². The highest BCUT2D eigenvalue weighted by atomic mass is 79.9. The summed E-state index contributed by atoms with van der Waals surface area (Å²) in [5, 5.41) is 0.999. The van der Waals surface area contributed by atoms with Crippen molar-refractivity contribution in [2.24, 2.45) is 0 Å². The molecule has 0 unspecified atom stereocenters. The van der Waals surface area contributed by atoms with Gasteiger partial charge in [0.1, 0.15) is 0 Å². The maximum absolute atomic E-state index is 5.86. The molecule has 0 aliphatic heterocycles. The minimum absolute atomic E-state index is 0.136. The van der Waals surface area contributed by atoms with Crippen LogP contribution in [-0.2, 0) is 5.41 Å². The number of ether oxygens (including phenoxy) is 2. The van der Waals surface area contributed by atoms with Gasteiger partial charge >= 0.3 is 0 Å². The Labute approximate surface area is 132 Å². The van der Waals surface area contributed by atoms with Crippen LogP contribution in [0.1, 0.15) is 52.5 Å². The zero-order valence-corrected chi connectivity index (χ0v) is 14.8. The Morgan fingerprint density at radius 3 is 2.15 bits per heavy atom. The van der Waals surface area contributed by atoms with Crippen molar-refractivity contribution in [2.75, 3.05) is 18.5 Å². The van der Waals surface area contributed by atoms with E-state index in [1.165, 1.54) is 5.56 Å². The molecule has 0 aliphatic carbocycles. The lowest BCUT2D eigenvalue weighted by molar-refractivity contribution is 0.267. The molecule has 0 fully saturated rings. The maximum atomic E-state index is 5.86. The summed E-state index contributed by atoms with van der Waals surface area (Å²) >= 11 is 3.54. The monoisotopic (exact) mass is 342 g/mol. The third-order valence-corrected chi connectivity index (χ3v) is 3.76. The van der Waals surface area contributed by atoms with Crippen molar-refractivity contribution >= 4 is 15.9 Å². The highest BCUT2D eigenvalue weighted by Crippen LogP contribution is 2.35. The second-order valence-corrected chi connectivity index (χ2v) is 6.47. The first-order valence-electron chi connectivity index (χ1n) is 7.51. The highest BCUT2D eigenvalue weighted by molar-refractivity contribution is 9.09. The Kier molecular flexibility index (Phi) is 7.42. The molecule has 0 saturated heterocycles. The standard InChI is InChI=1S/C17H27BrO2/c1-5-11-19-15-8-7-14(17(3,4)9-10-18)13-16(15)20-12-6-2/h7-8,13H,5-6,9-12H2,1-4H3. The Balaban J connectivity index is 2.99. The van der Waals surface area contributed by atoms with Crippen LogP contribution in [0.2, 0.25) is 0 Å². The van der Waals surface area contributed by atoms with E-state index in [0.29, 0.717) is 0 Å². The molecule has 1 rings (SSSR count). The van der Waals surface area contributed by atoms with Crippen molar-refractivity contribution < 1.29 is 9.47 Å². The average molecular weight is 343 g/mol. The number of hydrogen-bond donors (Lipinski definition) is 0. The molecule has 1 aromatic carbocycles. The predicted molar refractivity (Wildman–Crippen MR) is 89.5 cm³/mol. The summed E-state index contributed by atoms with van der Waals surface area (Å²) < 4.78 is 11.6. The summed E-state index contributed by atoms with van der Waals surface area (Å²) in [6.45, 7) is 10.2. The highest BCUT2D eigenvalue weighted by Gasteiger charge is 2.21. The van der Waals surface area contributed by atoms with Crippen LogP contribution in [-0.4, -0.2) is 18.5 Å². The fourth-order valence-corrected chi connectivity index (χ4v) is 2.96. The SMILES string of the molecule is CCCOc1ccc(C(C)(C)CCBr)cc1OCCC. The topological polar surface area (TPSA) is 18.5 Å². The Bertz CT molecular complexity index is 402. The molecular weight excluding hydrogens is 316 g/mol. The van der Waals surface area contributed by atoms with E-state index >= 15 is 0 Å². The molecule has 0 amide bonds. The van der Waals surface area contributed by atoms with Gasteiger partial charge < -0.3 is 9.47 Å². The van der Waals surface area contributed by atoms with Gasteiger partial charge in [-0.3, -0.25) is 0 Å². The van der Waals surface area contributed by atoms with Crippen LogP contribution < -0.4 is 9.47 Å². The molecule has 0 radical (unpaired) electrons. The predicted octanol–water partition coefficient (Wildman–Crippen LogP) is 5.33. The lowest BCUT2D eigenvalue weighted by atomic mass is 9.82. The van der Waals surface area contributed by atoms with E-state index in [9.17, 15) is 0 Å².